The van der Waals surface area contributed by atoms with Crippen LogP contribution in [0.5, 0.6) is 17.2 Å². The molecule has 0 spiro atoms. The highest BCUT2D eigenvalue weighted by Crippen LogP contribution is 2.30. The number of pyridine rings is 1. The van der Waals surface area contributed by atoms with Crippen LogP contribution < -0.4 is 24.4 Å². The molecule has 1 saturated heterocycles. The molecule has 1 aromatic heterocycles. The van der Waals surface area contributed by atoms with Gasteiger partial charge in [0.25, 0.3) is 5.91 Å². The van der Waals surface area contributed by atoms with Crippen molar-refractivity contribution in [2.45, 2.75) is 26.7 Å². The first-order valence-electron chi connectivity index (χ1n) is 12.2. The third-order valence-electron chi connectivity index (χ3n) is 6.40. The summed E-state index contributed by atoms with van der Waals surface area (Å²) in [4.78, 5) is 19.7. The van der Waals surface area contributed by atoms with Gasteiger partial charge in [-0.2, -0.15) is 0 Å². The first kappa shape index (κ1) is 24.6. The highest BCUT2D eigenvalue weighted by Gasteiger charge is 2.23. The number of rotatable bonds is 9. The lowest BCUT2D eigenvalue weighted by atomic mass is 9.92. The van der Waals surface area contributed by atoms with E-state index in [2.05, 4.69) is 36.2 Å². The van der Waals surface area contributed by atoms with Crippen LogP contribution in [0.25, 0.3) is 10.9 Å². The number of ether oxygens (including phenoxy) is 3. The van der Waals surface area contributed by atoms with Gasteiger partial charge in [0.1, 0.15) is 17.1 Å². The Kier molecular flexibility index (Phi) is 7.95. The third-order valence-corrected chi connectivity index (χ3v) is 6.40. The van der Waals surface area contributed by atoms with Crippen LogP contribution in [0.4, 0.5) is 5.82 Å². The summed E-state index contributed by atoms with van der Waals surface area (Å²) in [5, 5.41) is 3.92. The average Bonchev–Trinajstić information content (AvgIpc) is 2.86. The lowest BCUT2D eigenvalue weighted by molar-refractivity contribution is -0.123. The summed E-state index contributed by atoms with van der Waals surface area (Å²) in [5.41, 5.74) is 1.84. The summed E-state index contributed by atoms with van der Waals surface area (Å²) in [7, 11) is 3.22. The Morgan fingerprint density at radius 1 is 1.00 bits per heavy atom. The highest BCUT2D eigenvalue weighted by atomic mass is 16.5. The summed E-state index contributed by atoms with van der Waals surface area (Å²) < 4.78 is 16.5. The first-order valence-corrected chi connectivity index (χ1v) is 12.2. The molecule has 1 N–H and O–H groups in total. The van der Waals surface area contributed by atoms with Crippen LogP contribution in [0.1, 0.15) is 25.8 Å². The Morgan fingerprint density at radius 2 is 1.77 bits per heavy atom. The molecule has 35 heavy (non-hydrogen) atoms. The van der Waals surface area contributed by atoms with E-state index < -0.39 is 0 Å². The van der Waals surface area contributed by atoms with E-state index in [-0.39, 0.29) is 12.5 Å². The van der Waals surface area contributed by atoms with Gasteiger partial charge in [-0.3, -0.25) is 4.79 Å². The van der Waals surface area contributed by atoms with Gasteiger partial charge in [-0.05, 0) is 60.6 Å². The van der Waals surface area contributed by atoms with Crippen molar-refractivity contribution >= 4 is 22.6 Å². The smallest absolute Gasteiger partial charge is 0.257 e. The predicted molar refractivity (Wildman–Crippen MR) is 139 cm³/mol. The first-order chi connectivity index (χ1) is 17.0. The maximum Gasteiger partial charge on any atom is 0.257 e. The van der Waals surface area contributed by atoms with Gasteiger partial charge in [0.15, 0.2) is 18.1 Å². The van der Waals surface area contributed by atoms with Crippen molar-refractivity contribution in [3.63, 3.8) is 0 Å². The topological polar surface area (TPSA) is 72.9 Å². The largest absolute Gasteiger partial charge is 0.493 e. The molecule has 0 aliphatic carbocycles. The van der Waals surface area contributed by atoms with Crippen molar-refractivity contribution in [2.24, 2.45) is 11.8 Å². The van der Waals surface area contributed by atoms with Gasteiger partial charge in [-0.1, -0.05) is 32.0 Å². The van der Waals surface area contributed by atoms with Crippen molar-refractivity contribution in [3.8, 4) is 17.2 Å². The fourth-order valence-electron chi connectivity index (χ4n) is 4.83. The maximum absolute atomic E-state index is 12.4. The summed E-state index contributed by atoms with van der Waals surface area (Å²) in [5.74, 6) is 4.07. The highest BCUT2D eigenvalue weighted by molar-refractivity contribution is 5.86. The fourth-order valence-corrected chi connectivity index (χ4v) is 4.83. The number of methoxy groups -OCH3 is 2. The number of hydrogen-bond donors (Lipinski definition) is 1. The zero-order valence-corrected chi connectivity index (χ0v) is 21.0. The molecule has 1 aliphatic heterocycles. The molecule has 1 aliphatic rings. The number of benzene rings is 2. The number of hydrogen-bond acceptors (Lipinski definition) is 6. The Labute approximate surface area is 207 Å². The van der Waals surface area contributed by atoms with E-state index >= 15 is 0 Å². The monoisotopic (exact) mass is 477 g/mol. The molecular weight excluding hydrogens is 442 g/mol. The molecule has 0 bridgehead atoms. The van der Waals surface area contributed by atoms with Gasteiger partial charge in [0, 0.05) is 25.0 Å². The standard InChI is InChI=1S/C28H35N3O4/c1-19-14-20(2)17-31(16-19)26-11-9-22-6-5-7-24(28(22)30-26)35-18-27(32)29-13-12-21-8-10-23(33-3)25(15-21)34-4/h5-11,15,19-20H,12-14,16-18H2,1-4H3,(H,29,32). The zero-order valence-electron chi connectivity index (χ0n) is 21.0. The Morgan fingerprint density at radius 3 is 2.51 bits per heavy atom. The number of carbonyl (C=O) groups excluding carboxylic acids is 1. The summed E-state index contributed by atoms with van der Waals surface area (Å²) in [6.45, 7) is 7.04. The number of fused-ring (bicyclic) bond motifs is 1. The molecule has 1 fully saturated rings. The van der Waals surface area contributed by atoms with Crippen LogP contribution >= 0.6 is 0 Å². The lowest BCUT2D eigenvalue weighted by Crippen LogP contribution is -2.39. The van der Waals surface area contributed by atoms with Crippen molar-refractivity contribution in [1.29, 1.82) is 0 Å². The summed E-state index contributed by atoms with van der Waals surface area (Å²) in [6.07, 6.45) is 1.93. The number of piperidine rings is 1. The van der Waals surface area contributed by atoms with E-state index in [0.717, 1.165) is 35.4 Å². The van der Waals surface area contributed by atoms with E-state index in [0.29, 0.717) is 42.0 Å². The van der Waals surface area contributed by atoms with Crippen molar-refractivity contribution in [2.75, 3.05) is 45.4 Å². The van der Waals surface area contributed by atoms with Crippen molar-refractivity contribution in [1.82, 2.24) is 10.3 Å². The van der Waals surface area contributed by atoms with Gasteiger partial charge in [0.2, 0.25) is 0 Å². The molecule has 3 aromatic rings. The normalized spacial score (nSPS) is 17.8. The van der Waals surface area contributed by atoms with Crippen LogP contribution in [0.2, 0.25) is 0 Å². The minimum absolute atomic E-state index is 0.0608. The van der Waals surface area contributed by atoms with Gasteiger partial charge in [-0.15, -0.1) is 0 Å². The predicted octanol–water partition coefficient (Wildman–Crippen LogP) is 4.47. The van der Waals surface area contributed by atoms with Crippen LogP contribution in [0.3, 0.4) is 0 Å². The Balaban J connectivity index is 1.35. The zero-order chi connectivity index (χ0) is 24.8. The molecule has 7 nitrogen and oxygen atoms in total. The van der Waals surface area contributed by atoms with E-state index in [1.54, 1.807) is 14.2 Å². The van der Waals surface area contributed by atoms with E-state index in [4.69, 9.17) is 19.2 Å². The average molecular weight is 478 g/mol. The number of anilines is 1. The maximum atomic E-state index is 12.4. The molecule has 186 valence electrons. The Bertz CT molecular complexity index is 1160. The molecule has 7 heteroatoms. The summed E-state index contributed by atoms with van der Waals surface area (Å²) in [6, 6.07) is 15.7. The second kappa shape index (κ2) is 11.3. The molecule has 1 amide bonds. The van der Waals surface area contributed by atoms with Crippen LogP contribution in [0.15, 0.2) is 48.5 Å². The molecule has 2 atom stereocenters. The number of amides is 1. The van der Waals surface area contributed by atoms with Crippen LogP contribution in [0, 0.1) is 11.8 Å². The second-order valence-electron chi connectivity index (χ2n) is 9.43. The quantitative estimate of drug-likeness (QED) is 0.490. The fraction of sp³-hybridized carbons (Fsp3) is 0.429. The van der Waals surface area contributed by atoms with Gasteiger partial charge in [0.05, 0.1) is 14.2 Å². The minimum atomic E-state index is -0.169. The molecular formula is C28H35N3O4. The number of para-hydroxylation sites is 1. The van der Waals surface area contributed by atoms with Crippen molar-refractivity contribution in [3.05, 3.63) is 54.1 Å². The Hall–Kier alpha value is -3.48. The van der Waals surface area contributed by atoms with Crippen molar-refractivity contribution < 1.29 is 19.0 Å². The van der Waals surface area contributed by atoms with E-state index in [1.807, 2.05) is 36.4 Å². The van der Waals surface area contributed by atoms with Crippen LogP contribution in [-0.2, 0) is 11.2 Å². The number of nitrogens with zero attached hydrogens (tertiary/aromatic N) is 2. The lowest BCUT2D eigenvalue weighted by Gasteiger charge is -2.35. The molecule has 0 saturated carbocycles. The molecule has 2 unspecified atom stereocenters. The molecule has 2 aromatic carbocycles. The van der Waals surface area contributed by atoms with Gasteiger partial charge in [-0.25, -0.2) is 4.98 Å². The summed E-state index contributed by atoms with van der Waals surface area (Å²) >= 11 is 0. The second-order valence-corrected chi connectivity index (χ2v) is 9.43. The van der Waals surface area contributed by atoms with Gasteiger partial charge >= 0.3 is 0 Å². The number of nitrogens with one attached hydrogen (secondary N) is 1. The minimum Gasteiger partial charge on any atom is -0.493 e. The number of aromatic nitrogens is 1. The molecule has 2 heterocycles. The third kappa shape index (κ3) is 6.15. The molecule has 4 rings (SSSR count). The number of carbonyl (C=O) groups is 1. The molecule has 0 radical (unpaired) electrons. The SMILES string of the molecule is COc1ccc(CCNC(=O)COc2cccc3ccc(N4CC(C)CC(C)C4)nc23)cc1OC. The van der Waals surface area contributed by atoms with E-state index in [9.17, 15) is 4.79 Å². The van der Waals surface area contributed by atoms with Gasteiger partial charge < -0.3 is 24.4 Å². The van der Waals surface area contributed by atoms with Crippen LogP contribution in [-0.4, -0.2) is 51.4 Å². The van der Waals surface area contributed by atoms with E-state index in [1.165, 1.54) is 6.42 Å².